The molecule has 2 aliphatic carbocycles. The zero-order valence-electron chi connectivity index (χ0n) is 11.0. The van der Waals surface area contributed by atoms with Gasteiger partial charge in [0.1, 0.15) is 6.33 Å². The first-order chi connectivity index (χ1) is 8.92. The lowest BCUT2D eigenvalue weighted by Gasteiger charge is -2.39. The van der Waals surface area contributed by atoms with Crippen molar-refractivity contribution in [3.63, 3.8) is 0 Å². The SMILES string of the molecule is c1cc(CNC2CCC3CCCCC3C2)ncn1. The summed E-state index contributed by atoms with van der Waals surface area (Å²) >= 11 is 0. The van der Waals surface area contributed by atoms with E-state index >= 15 is 0 Å². The van der Waals surface area contributed by atoms with Gasteiger partial charge in [0.05, 0.1) is 5.69 Å². The molecule has 18 heavy (non-hydrogen) atoms. The van der Waals surface area contributed by atoms with Crippen LogP contribution in [0.1, 0.15) is 50.6 Å². The molecule has 3 unspecified atom stereocenters. The summed E-state index contributed by atoms with van der Waals surface area (Å²) < 4.78 is 0. The van der Waals surface area contributed by atoms with E-state index in [0.717, 1.165) is 24.1 Å². The second-order valence-corrected chi connectivity index (χ2v) is 5.90. The van der Waals surface area contributed by atoms with Crippen molar-refractivity contribution in [1.29, 1.82) is 0 Å². The van der Waals surface area contributed by atoms with Crippen LogP contribution in [0.4, 0.5) is 0 Å². The summed E-state index contributed by atoms with van der Waals surface area (Å²) in [6, 6.07) is 2.71. The van der Waals surface area contributed by atoms with Gasteiger partial charge in [0, 0.05) is 18.8 Å². The summed E-state index contributed by atoms with van der Waals surface area (Å²) in [6.07, 6.45) is 13.5. The van der Waals surface area contributed by atoms with Gasteiger partial charge in [-0.1, -0.05) is 25.7 Å². The Kier molecular flexibility index (Phi) is 3.89. The van der Waals surface area contributed by atoms with Gasteiger partial charge in [-0.25, -0.2) is 9.97 Å². The zero-order valence-corrected chi connectivity index (χ0v) is 11.0. The van der Waals surface area contributed by atoms with Crippen molar-refractivity contribution in [2.75, 3.05) is 0 Å². The summed E-state index contributed by atoms with van der Waals surface area (Å²) in [4.78, 5) is 8.23. The van der Waals surface area contributed by atoms with E-state index < -0.39 is 0 Å². The van der Waals surface area contributed by atoms with Crippen LogP contribution in [0, 0.1) is 11.8 Å². The average Bonchev–Trinajstić information content (AvgIpc) is 2.46. The molecule has 3 rings (SSSR count). The molecule has 2 saturated carbocycles. The van der Waals surface area contributed by atoms with Crippen LogP contribution in [0.3, 0.4) is 0 Å². The van der Waals surface area contributed by atoms with Crippen LogP contribution >= 0.6 is 0 Å². The Labute approximate surface area is 109 Å². The first-order valence-corrected chi connectivity index (χ1v) is 7.40. The molecule has 0 spiro atoms. The lowest BCUT2D eigenvalue weighted by atomic mass is 9.69. The minimum atomic E-state index is 0.708. The topological polar surface area (TPSA) is 37.8 Å². The van der Waals surface area contributed by atoms with Crippen molar-refractivity contribution in [3.8, 4) is 0 Å². The van der Waals surface area contributed by atoms with Crippen LogP contribution in [0.2, 0.25) is 0 Å². The molecule has 1 heterocycles. The van der Waals surface area contributed by atoms with E-state index in [1.54, 1.807) is 6.33 Å². The highest BCUT2D eigenvalue weighted by molar-refractivity contribution is 4.98. The molecule has 3 heteroatoms. The van der Waals surface area contributed by atoms with Crippen LogP contribution in [0.25, 0.3) is 0 Å². The van der Waals surface area contributed by atoms with Crippen molar-refractivity contribution < 1.29 is 0 Å². The number of hydrogen-bond acceptors (Lipinski definition) is 3. The van der Waals surface area contributed by atoms with E-state index in [1.165, 1.54) is 44.9 Å². The van der Waals surface area contributed by atoms with Crippen LogP contribution in [0.15, 0.2) is 18.6 Å². The largest absolute Gasteiger partial charge is 0.308 e. The van der Waals surface area contributed by atoms with Gasteiger partial charge >= 0.3 is 0 Å². The Morgan fingerprint density at radius 3 is 2.83 bits per heavy atom. The molecule has 3 atom stereocenters. The predicted octanol–water partition coefficient (Wildman–Crippen LogP) is 2.93. The Hall–Kier alpha value is -0.960. The molecule has 0 bridgehead atoms. The summed E-state index contributed by atoms with van der Waals surface area (Å²) in [5.41, 5.74) is 1.11. The monoisotopic (exact) mass is 245 g/mol. The summed E-state index contributed by atoms with van der Waals surface area (Å²) in [6.45, 7) is 0.893. The van der Waals surface area contributed by atoms with Gasteiger partial charge in [0.15, 0.2) is 0 Å². The highest BCUT2D eigenvalue weighted by atomic mass is 14.9. The first-order valence-electron chi connectivity index (χ1n) is 7.40. The molecule has 0 aromatic carbocycles. The fourth-order valence-electron chi connectivity index (χ4n) is 3.73. The molecule has 0 amide bonds. The minimum absolute atomic E-state index is 0.708. The third kappa shape index (κ3) is 2.89. The summed E-state index contributed by atoms with van der Waals surface area (Å²) in [5, 5.41) is 3.68. The van der Waals surface area contributed by atoms with Gasteiger partial charge in [0.25, 0.3) is 0 Å². The molecule has 1 N–H and O–H groups in total. The lowest BCUT2D eigenvalue weighted by molar-refractivity contribution is 0.143. The molecule has 1 aromatic heterocycles. The maximum absolute atomic E-state index is 4.27. The Bertz CT molecular complexity index is 365. The molecule has 1 aromatic rings. The van der Waals surface area contributed by atoms with E-state index in [-0.39, 0.29) is 0 Å². The second kappa shape index (κ2) is 5.79. The third-order valence-corrected chi connectivity index (χ3v) is 4.75. The summed E-state index contributed by atoms with van der Waals surface area (Å²) in [5.74, 6) is 2.03. The maximum atomic E-state index is 4.27. The standard InChI is InChI=1S/C15H23N3/c1-2-4-13-9-14(6-5-12(13)3-1)17-10-15-7-8-16-11-18-15/h7-8,11-14,17H,1-6,9-10H2. The fourth-order valence-corrected chi connectivity index (χ4v) is 3.73. The fraction of sp³-hybridized carbons (Fsp3) is 0.733. The molecular formula is C15H23N3. The van der Waals surface area contributed by atoms with Crippen LogP contribution in [0.5, 0.6) is 0 Å². The van der Waals surface area contributed by atoms with E-state index in [1.807, 2.05) is 12.3 Å². The molecular weight excluding hydrogens is 222 g/mol. The number of fused-ring (bicyclic) bond motifs is 1. The molecule has 98 valence electrons. The zero-order chi connectivity index (χ0) is 12.2. The van der Waals surface area contributed by atoms with Gasteiger partial charge in [0.2, 0.25) is 0 Å². The summed E-state index contributed by atoms with van der Waals surface area (Å²) in [7, 11) is 0. The molecule has 2 fully saturated rings. The Balaban J connectivity index is 1.49. The van der Waals surface area contributed by atoms with Crippen molar-refractivity contribution in [3.05, 3.63) is 24.3 Å². The van der Waals surface area contributed by atoms with Gasteiger partial charge in [-0.2, -0.15) is 0 Å². The van der Waals surface area contributed by atoms with E-state index in [2.05, 4.69) is 15.3 Å². The maximum Gasteiger partial charge on any atom is 0.115 e. The van der Waals surface area contributed by atoms with Gasteiger partial charge < -0.3 is 5.32 Å². The van der Waals surface area contributed by atoms with E-state index in [0.29, 0.717) is 6.04 Å². The Morgan fingerprint density at radius 2 is 2.00 bits per heavy atom. The molecule has 3 nitrogen and oxygen atoms in total. The number of aromatic nitrogens is 2. The van der Waals surface area contributed by atoms with Crippen molar-refractivity contribution in [2.24, 2.45) is 11.8 Å². The molecule has 0 saturated heterocycles. The van der Waals surface area contributed by atoms with Crippen LogP contribution < -0.4 is 5.32 Å². The number of nitrogens with one attached hydrogen (secondary N) is 1. The number of hydrogen-bond donors (Lipinski definition) is 1. The normalized spacial score (nSPS) is 31.9. The van der Waals surface area contributed by atoms with E-state index in [9.17, 15) is 0 Å². The minimum Gasteiger partial charge on any atom is -0.308 e. The van der Waals surface area contributed by atoms with Crippen molar-refractivity contribution in [2.45, 2.75) is 57.5 Å². The highest BCUT2D eigenvalue weighted by Gasteiger charge is 2.31. The van der Waals surface area contributed by atoms with Gasteiger partial charge in [-0.05, 0) is 37.2 Å². The third-order valence-electron chi connectivity index (χ3n) is 4.75. The van der Waals surface area contributed by atoms with Crippen LogP contribution in [-0.4, -0.2) is 16.0 Å². The lowest BCUT2D eigenvalue weighted by Crippen LogP contribution is -2.38. The van der Waals surface area contributed by atoms with Crippen molar-refractivity contribution >= 4 is 0 Å². The molecule has 0 aliphatic heterocycles. The van der Waals surface area contributed by atoms with Crippen molar-refractivity contribution in [1.82, 2.24) is 15.3 Å². The number of nitrogens with zero attached hydrogens (tertiary/aromatic N) is 2. The predicted molar refractivity (Wildman–Crippen MR) is 72.0 cm³/mol. The van der Waals surface area contributed by atoms with E-state index in [4.69, 9.17) is 0 Å². The van der Waals surface area contributed by atoms with Crippen LogP contribution in [-0.2, 0) is 6.54 Å². The Morgan fingerprint density at radius 1 is 1.11 bits per heavy atom. The smallest absolute Gasteiger partial charge is 0.115 e. The quantitative estimate of drug-likeness (QED) is 0.889. The van der Waals surface area contributed by atoms with Gasteiger partial charge in [-0.3, -0.25) is 0 Å². The highest BCUT2D eigenvalue weighted by Crippen LogP contribution is 2.40. The average molecular weight is 245 g/mol. The molecule has 2 aliphatic rings. The number of rotatable bonds is 3. The second-order valence-electron chi connectivity index (χ2n) is 5.90. The first kappa shape index (κ1) is 12.1. The van der Waals surface area contributed by atoms with Gasteiger partial charge in [-0.15, -0.1) is 0 Å². The molecule has 0 radical (unpaired) electrons.